The van der Waals surface area contributed by atoms with Gasteiger partial charge in [-0.3, -0.25) is 4.57 Å². The lowest BCUT2D eigenvalue weighted by Crippen LogP contribution is -2.02. The number of aromatic nitrogens is 4. The first-order valence-electron chi connectivity index (χ1n) is 18.6. The smallest absolute Gasteiger partial charge is 0.235 e. The molecule has 12 aromatic rings. The van der Waals surface area contributed by atoms with Crippen molar-refractivity contribution in [3.8, 4) is 38.8 Å². The molecule has 0 saturated heterocycles. The first-order valence-corrected chi connectivity index (χ1v) is 19.4. The van der Waals surface area contributed by atoms with Crippen molar-refractivity contribution in [2.75, 3.05) is 0 Å². The van der Waals surface area contributed by atoms with Gasteiger partial charge in [0, 0.05) is 43.0 Å². The third-order valence-electron chi connectivity index (χ3n) is 11.1. The van der Waals surface area contributed by atoms with Gasteiger partial charge in [0.15, 0.2) is 0 Å². The van der Waals surface area contributed by atoms with Gasteiger partial charge in [-0.15, -0.1) is 11.3 Å². The van der Waals surface area contributed by atoms with Crippen LogP contribution in [0.3, 0.4) is 0 Å². The fraction of sp³-hybridized carbons (Fsp3) is 0. The predicted octanol–water partition coefficient (Wildman–Crippen LogP) is 13.7. The molecule has 0 spiro atoms. The summed E-state index contributed by atoms with van der Waals surface area (Å²) in [5.74, 6) is 0.666. The fourth-order valence-electron chi connectivity index (χ4n) is 8.59. The van der Waals surface area contributed by atoms with Gasteiger partial charge in [-0.25, -0.2) is 9.97 Å². The minimum atomic E-state index is 0.666. The van der Waals surface area contributed by atoms with Crippen LogP contribution in [-0.4, -0.2) is 19.5 Å². The average molecular weight is 719 g/mol. The van der Waals surface area contributed by atoms with E-state index in [2.05, 4.69) is 185 Å². The van der Waals surface area contributed by atoms with E-state index in [1.165, 1.54) is 64.7 Å². The Hall–Kier alpha value is -7.08. The van der Waals surface area contributed by atoms with Gasteiger partial charge in [0.05, 0.1) is 26.9 Å². The van der Waals surface area contributed by atoms with E-state index in [1.54, 1.807) is 11.3 Å². The third-order valence-corrected chi connectivity index (χ3v) is 12.3. The molecule has 0 aliphatic rings. The van der Waals surface area contributed by atoms with Gasteiger partial charge in [0.2, 0.25) is 5.95 Å². The summed E-state index contributed by atoms with van der Waals surface area (Å²) in [5.41, 5.74) is 11.0. The summed E-state index contributed by atoms with van der Waals surface area (Å²) >= 11 is 1.75. The van der Waals surface area contributed by atoms with Crippen molar-refractivity contribution in [2.24, 2.45) is 0 Å². The number of hydrogen-bond donors (Lipinski definition) is 1. The van der Waals surface area contributed by atoms with Crippen molar-refractivity contribution < 1.29 is 0 Å². The molecule has 4 nitrogen and oxygen atoms in total. The monoisotopic (exact) mass is 718 g/mol. The number of hydrogen-bond acceptors (Lipinski definition) is 3. The molecular formula is C50H30N4S. The van der Waals surface area contributed by atoms with Crippen LogP contribution in [-0.2, 0) is 0 Å². The number of rotatable bonds is 4. The third kappa shape index (κ3) is 4.64. The molecule has 0 unspecified atom stereocenters. The van der Waals surface area contributed by atoms with Crippen LogP contribution in [0, 0.1) is 0 Å². The van der Waals surface area contributed by atoms with Crippen LogP contribution >= 0.6 is 11.3 Å². The molecule has 0 aliphatic heterocycles. The minimum Gasteiger partial charge on any atom is -0.354 e. The van der Waals surface area contributed by atoms with E-state index < -0.39 is 0 Å². The summed E-state index contributed by atoms with van der Waals surface area (Å²) in [7, 11) is 0. The fourth-order valence-corrected chi connectivity index (χ4v) is 9.70. The molecule has 0 amide bonds. The van der Waals surface area contributed by atoms with Gasteiger partial charge in [-0.2, -0.15) is 0 Å². The second kappa shape index (κ2) is 11.7. The molecule has 0 saturated carbocycles. The van der Waals surface area contributed by atoms with E-state index in [-0.39, 0.29) is 0 Å². The molecule has 8 aromatic carbocycles. The van der Waals surface area contributed by atoms with Crippen molar-refractivity contribution in [3.05, 3.63) is 176 Å². The molecule has 5 heteroatoms. The van der Waals surface area contributed by atoms with Crippen molar-refractivity contribution in [2.45, 2.75) is 0 Å². The first kappa shape index (κ1) is 30.4. The summed E-state index contributed by atoms with van der Waals surface area (Å²) in [5, 5.41) is 9.81. The molecule has 0 bridgehead atoms. The summed E-state index contributed by atoms with van der Waals surface area (Å²) in [6.45, 7) is 0. The lowest BCUT2D eigenvalue weighted by molar-refractivity contribution is 1.02. The Morgan fingerprint density at radius 3 is 1.84 bits per heavy atom. The maximum atomic E-state index is 5.42. The predicted molar refractivity (Wildman–Crippen MR) is 232 cm³/mol. The highest BCUT2D eigenvalue weighted by Gasteiger charge is 2.21. The average Bonchev–Trinajstić information content (AvgIpc) is 3.95. The summed E-state index contributed by atoms with van der Waals surface area (Å²) in [6, 6.07) is 63.2. The van der Waals surface area contributed by atoms with Gasteiger partial charge >= 0.3 is 0 Å². The number of H-pyrrole nitrogens is 1. The Bertz CT molecular complexity index is 3480. The van der Waals surface area contributed by atoms with E-state index in [9.17, 15) is 0 Å². The van der Waals surface area contributed by atoms with Crippen LogP contribution in [0.2, 0.25) is 0 Å². The lowest BCUT2D eigenvalue weighted by Gasteiger charge is -2.10. The summed E-state index contributed by atoms with van der Waals surface area (Å²) in [4.78, 5) is 15.6. The number of aromatic amines is 1. The quantitative estimate of drug-likeness (QED) is 0.197. The topological polar surface area (TPSA) is 46.5 Å². The van der Waals surface area contributed by atoms with E-state index in [0.29, 0.717) is 5.95 Å². The molecule has 1 N–H and O–H groups in total. The molecule has 12 rings (SSSR count). The molecule has 0 radical (unpaired) electrons. The van der Waals surface area contributed by atoms with Crippen molar-refractivity contribution >= 4 is 86.7 Å². The van der Waals surface area contributed by atoms with Gasteiger partial charge in [0.1, 0.15) is 0 Å². The van der Waals surface area contributed by atoms with Crippen molar-refractivity contribution in [3.63, 3.8) is 0 Å². The van der Waals surface area contributed by atoms with E-state index in [1.807, 2.05) is 0 Å². The molecule has 4 heterocycles. The normalized spacial score (nSPS) is 12.0. The number of nitrogens with zero attached hydrogens (tertiary/aromatic N) is 3. The molecule has 256 valence electrons. The molecule has 0 atom stereocenters. The molecular weight excluding hydrogens is 689 g/mol. The van der Waals surface area contributed by atoms with Crippen molar-refractivity contribution in [1.82, 2.24) is 19.5 Å². The highest BCUT2D eigenvalue weighted by atomic mass is 32.1. The maximum absolute atomic E-state index is 5.42. The Morgan fingerprint density at radius 2 is 1.05 bits per heavy atom. The first-order chi connectivity index (χ1) is 27.2. The molecule has 4 aromatic heterocycles. The van der Waals surface area contributed by atoms with E-state index in [4.69, 9.17) is 9.97 Å². The highest BCUT2D eigenvalue weighted by molar-refractivity contribution is 7.22. The Morgan fingerprint density at radius 1 is 0.436 bits per heavy atom. The Balaban J connectivity index is 1.12. The lowest BCUT2D eigenvalue weighted by atomic mass is 9.98. The molecule has 0 fully saturated rings. The van der Waals surface area contributed by atoms with Crippen LogP contribution in [0.15, 0.2) is 176 Å². The second-order valence-corrected chi connectivity index (χ2v) is 15.3. The zero-order chi connectivity index (χ0) is 36.0. The van der Waals surface area contributed by atoms with Crippen LogP contribution in [0.5, 0.6) is 0 Å². The summed E-state index contributed by atoms with van der Waals surface area (Å²) in [6.07, 6.45) is 0. The zero-order valence-electron chi connectivity index (χ0n) is 29.5. The van der Waals surface area contributed by atoms with E-state index >= 15 is 0 Å². The van der Waals surface area contributed by atoms with Gasteiger partial charge in [0.25, 0.3) is 0 Å². The van der Waals surface area contributed by atoms with Crippen LogP contribution in [0.4, 0.5) is 0 Å². The molecule has 55 heavy (non-hydrogen) atoms. The van der Waals surface area contributed by atoms with Crippen LogP contribution in [0.25, 0.3) is 114 Å². The van der Waals surface area contributed by atoms with Gasteiger partial charge < -0.3 is 4.98 Å². The van der Waals surface area contributed by atoms with Gasteiger partial charge in [-0.1, -0.05) is 133 Å². The Kier molecular flexibility index (Phi) is 6.47. The minimum absolute atomic E-state index is 0.666. The number of fused-ring (bicyclic) bond motifs is 11. The van der Waals surface area contributed by atoms with Crippen LogP contribution < -0.4 is 0 Å². The highest BCUT2D eigenvalue weighted by Crippen LogP contribution is 2.42. The standard InChI is InChI=1S/C50H30N4S/c1-3-13-32(14-4-1)45-29-42-49(55-45)48(33-15-5-2-6-16-33)53-50(52-42)54-43-25-22-35(28-39(43)47-37-18-10-8-12-31(37)21-26-44(47)54)34-20-23-40-38(27-34)46-36-17-9-7-11-30(36)19-24-41(46)51-40/h1-29,51H. The largest absolute Gasteiger partial charge is 0.354 e. The maximum Gasteiger partial charge on any atom is 0.235 e. The molecule has 0 aliphatic carbocycles. The van der Waals surface area contributed by atoms with Gasteiger partial charge in [-0.05, 0) is 80.7 Å². The van der Waals surface area contributed by atoms with Crippen molar-refractivity contribution in [1.29, 1.82) is 0 Å². The SMILES string of the molecule is c1ccc(-c2cc3nc(-n4c5ccc(-c6ccc7[nH]c8ccc9ccccc9c8c7c6)cc5c5c6ccccc6ccc54)nc(-c4ccccc4)c3s2)cc1. The van der Waals surface area contributed by atoms with E-state index in [0.717, 1.165) is 43.5 Å². The van der Waals surface area contributed by atoms with Crippen LogP contribution in [0.1, 0.15) is 0 Å². The number of thiophene rings is 1. The summed E-state index contributed by atoms with van der Waals surface area (Å²) < 4.78 is 3.35. The number of benzene rings is 8. The zero-order valence-corrected chi connectivity index (χ0v) is 30.3. The number of nitrogens with one attached hydrogen (secondary N) is 1. The Labute approximate surface area is 319 Å². The second-order valence-electron chi connectivity index (χ2n) is 14.3.